The van der Waals surface area contributed by atoms with E-state index in [4.69, 9.17) is 4.74 Å². The highest BCUT2D eigenvalue weighted by Crippen LogP contribution is 2.20. The quantitative estimate of drug-likeness (QED) is 0.858. The van der Waals surface area contributed by atoms with Crippen LogP contribution in [0.15, 0.2) is 41.3 Å². The Kier molecular flexibility index (Phi) is 3.90. The standard InChI is InChI=1S/C13H12INO3/c1-18-12-3-2-6-15(13(12)17)8-9-7-10(14)4-5-11(9)16/h2-7,16H,8H2,1H3. The Hall–Kier alpha value is -1.50. The SMILES string of the molecule is COc1cccn(Cc2cc(I)ccc2O)c1=O. The number of aromatic hydroxyl groups is 1. The lowest BCUT2D eigenvalue weighted by Gasteiger charge is -2.09. The van der Waals surface area contributed by atoms with Crippen LogP contribution in [-0.4, -0.2) is 16.8 Å². The number of rotatable bonds is 3. The van der Waals surface area contributed by atoms with Gasteiger partial charge in [0.1, 0.15) is 5.75 Å². The second-order valence-electron chi connectivity index (χ2n) is 3.78. The molecule has 2 rings (SSSR count). The summed E-state index contributed by atoms with van der Waals surface area (Å²) in [5.41, 5.74) is 0.496. The van der Waals surface area contributed by atoms with Crippen molar-refractivity contribution in [2.45, 2.75) is 6.54 Å². The van der Waals surface area contributed by atoms with Gasteiger partial charge in [0.2, 0.25) is 0 Å². The number of hydrogen-bond donors (Lipinski definition) is 1. The molecule has 0 bridgehead atoms. The first-order chi connectivity index (χ1) is 8.61. The van der Waals surface area contributed by atoms with Crippen LogP contribution in [0.5, 0.6) is 11.5 Å². The largest absolute Gasteiger partial charge is 0.508 e. The van der Waals surface area contributed by atoms with Crippen LogP contribution in [0.3, 0.4) is 0 Å². The Balaban J connectivity index is 2.40. The van der Waals surface area contributed by atoms with Crippen molar-refractivity contribution in [1.29, 1.82) is 0 Å². The minimum absolute atomic E-state index is 0.185. The number of benzene rings is 1. The summed E-state index contributed by atoms with van der Waals surface area (Å²) < 4.78 is 7.49. The fraction of sp³-hybridized carbons (Fsp3) is 0.154. The molecule has 0 aliphatic rings. The molecule has 1 heterocycles. The van der Waals surface area contributed by atoms with Crippen LogP contribution >= 0.6 is 22.6 Å². The number of pyridine rings is 1. The Bertz CT molecular complexity index is 622. The summed E-state index contributed by atoms with van der Waals surface area (Å²) in [6, 6.07) is 8.65. The lowest BCUT2D eigenvalue weighted by atomic mass is 10.2. The van der Waals surface area contributed by atoms with Gasteiger partial charge in [-0.1, -0.05) is 0 Å². The first-order valence-electron chi connectivity index (χ1n) is 5.32. The molecule has 0 unspecified atom stereocenters. The van der Waals surface area contributed by atoms with Crippen molar-refractivity contribution in [3.63, 3.8) is 0 Å². The number of halogens is 1. The predicted molar refractivity (Wildman–Crippen MR) is 77.2 cm³/mol. The molecule has 0 spiro atoms. The van der Waals surface area contributed by atoms with Crippen LogP contribution in [0, 0.1) is 3.57 Å². The smallest absolute Gasteiger partial charge is 0.293 e. The molecule has 2 aromatic rings. The zero-order chi connectivity index (χ0) is 13.1. The van der Waals surface area contributed by atoms with Gasteiger partial charge in [-0.25, -0.2) is 0 Å². The molecule has 94 valence electrons. The summed E-state index contributed by atoms with van der Waals surface area (Å²) in [7, 11) is 1.46. The van der Waals surface area contributed by atoms with Gasteiger partial charge in [0.05, 0.1) is 13.7 Å². The minimum Gasteiger partial charge on any atom is -0.508 e. The summed E-state index contributed by atoms with van der Waals surface area (Å²) in [5, 5.41) is 9.76. The summed E-state index contributed by atoms with van der Waals surface area (Å²) in [6.07, 6.45) is 1.67. The van der Waals surface area contributed by atoms with Crippen molar-refractivity contribution < 1.29 is 9.84 Å². The topological polar surface area (TPSA) is 51.5 Å². The molecule has 0 saturated heterocycles. The van der Waals surface area contributed by atoms with Gasteiger partial charge in [0.15, 0.2) is 5.75 Å². The van der Waals surface area contributed by atoms with Gasteiger partial charge in [-0.3, -0.25) is 4.79 Å². The van der Waals surface area contributed by atoms with Gasteiger partial charge < -0.3 is 14.4 Å². The number of nitrogens with zero attached hydrogens (tertiary/aromatic N) is 1. The normalized spacial score (nSPS) is 10.3. The van der Waals surface area contributed by atoms with E-state index < -0.39 is 0 Å². The van der Waals surface area contributed by atoms with E-state index in [-0.39, 0.29) is 11.3 Å². The third-order valence-electron chi connectivity index (χ3n) is 2.59. The van der Waals surface area contributed by atoms with Crippen LogP contribution in [0.1, 0.15) is 5.56 Å². The van der Waals surface area contributed by atoms with E-state index in [1.54, 1.807) is 24.4 Å². The molecule has 0 aliphatic heterocycles. The summed E-state index contributed by atoms with van der Waals surface area (Å²) >= 11 is 2.16. The van der Waals surface area contributed by atoms with E-state index in [2.05, 4.69) is 22.6 Å². The third-order valence-corrected chi connectivity index (χ3v) is 3.26. The second kappa shape index (κ2) is 5.43. The van der Waals surface area contributed by atoms with E-state index in [9.17, 15) is 9.90 Å². The summed E-state index contributed by atoms with van der Waals surface area (Å²) in [6.45, 7) is 0.318. The van der Waals surface area contributed by atoms with Gasteiger partial charge in [0, 0.05) is 15.3 Å². The molecule has 0 atom stereocenters. The van der Waals surface area contributed by atoms with Crippen LogP contribution in [0.2, 0.25) is 0 Å². The molecule has 0 radical (unpaired) electrons. The van der Waals surface area contributed by atoms with Crippen LogP contribution in [0.25, 0.3) is 0 Å². The van der Waals surface area contributed by atoms with E-state index in [1.165, 1.54) is 11.7 Å². The van der Waals surface area contributed by atoms with Gasteiger partial charge >= 0.3 is 0 Å². The molecule has 0 amide bonds. The number of phenolic OH excluding ortho intramolecular Hbond substituents is 1. The molecule has 1 aromatic carbocycles. The number of ether oxygens (including phenoxy) is 1. The Morgan fingerprint density at radius 2 is 2.17 bits per heavy atom. The maximum absolute atomic E-state index is 12.0. The van der Waals surface area contributed by atoms with E-state index in [0.717, 1.165) is 3.57 Å². The van der Waals surface area contributed by atoms with Gasteiger partial charge in [0.25, 0.3) is 5.56 Å². The maximum atomic E-state index is 12.0. The predicted octanol–water partition coefficient (Wildman–Crippen LogP) is 2.22. The average Bonchev–Trinajstić information content (AvgIpc) is 2.36. The number of phenols is 1. The van der Waals surface area contributed by atoms with Crippen molar-refractivity contribution >= 4 is 22.6 Å². The molecule has 0 fully saturated rings. The van der Waals surface area contributed by atoms with E-state index in [1.807, 2.05) is 12.1 Å². The molecule has 0 saturated carbocycles. The Morgan fingerprint density at radius 1 is 1.39 bits per heavy atom. The Labute approximate surface area is 118 Å². The number of hydrogen-bond acceptors (Lipinski definition) is 3. The third kappa shape index (κ3) is 2.66. The van der Waals surface area contributed by atoms with Gasteiger partial charge in [-0.15, -0.1) is 0 Å². The highest BCUT2D eigenvalue weighted by atomic mass is 127. The molecule has 1 N–H and O–H groups in total. The van der Waals surface area contributed by atoms with Crippen molar-refractivity contribution in [3.05, 3.63) is 56.0 Å². The molecule has 0 aliphatic carbocycles. The molecule has 5 heteroatoms. The molecule has 1 aromatic heterocycles. The second-order valence-corrected chi connectivity index (χ2v) is 5.03. The van der Waals surface area contributed by atoms with Crippen molar-refractivity contribution in [1.82, 2.24) is 4.57 Å². The first kappa shape index (κ1) is 12.9. The zero-order valence-electron chi connectivity index (χ0n) is 9.76. The molecule has 4 nitrogen and oxygen atoms in total. The molecule has 18 heavy (non-hydrogen) atoms. The van der Waals surface area contributed by atoms with Crippen molar-refractivity contribution in [2.24, 2.45) is 0 Å². The number of methoxy groups -OCH3 is 1. The lowest BCUT2D eigenvalue weighted by molar-refractivity contribution is 0.403. The van der Waals surface area contributed by atoms with E-state index in [0.29, 0.717) is 17.9 Å². The summed E-state index contributed by atoms with van der Waals surface area (Å²) in [4.78, 5) is 12.0. The Morgan fingerprint density at radius 3 is 2.89 bits per heavy atom. The zero-order valence-corrected chi connectivity index (χ0v) is 11.9. The fourth-order valence-corrected chi connectivity index (χ4v) is 2.21. The van der Waals surface area contributed by atoms with Crippen LogP contribution < -0.4 is 10.3 Å². The van der Waals surface area contributed by atoms with Crippen molar-refractivity contribution in [2.75, 3.05) is 7.11 Å². The van der Waals surface area contributed by atoms with Crippen LogP contribution in [0.4, 0.5) is 0 Å². The monoisotopic (exact) mass is 357 g/mol. The maximum Gasteiger partial charge on any atom is 0.293 e. The molecular formula is C13H12INO3. The molecular weight excluding hydrogens is 345 g/mol. The van der Waals surface area contributed by atoms with Crippen LogP contribution in [-0.2, 0) is 6.54 Å². The lowest BCUT2D eigenvalue weighted by Crippen LogP contribution is -2.21. The minimum atomic E-state index is -0.210. The average molecular weight is 357 g/mol. The number of aromatic nitrogens is 1. The highest BCUT2D eigenvalue weighted by Gasteiger charge is 2.07. The van der Waals surface area contributed by atoms with E-state index >= 15 is 0 Å². The van der Waals surface area contributed by atoms with Crippen molar-refractivity contribution in [3.8, 4) is 11.5 Å². The first-order valence-corrected chi connectivity index (χ1v) is 6.40. The van der Waals surface area contributed by atoms with Gasteiger partial charge in [-0.05, 0) is 52.9 Å². The highest BCUT2D eigenvalue weighted by molar-refractivity contribution is 14.1. The summed E-state index contributed by atoms with van der Waals surface area (Å²) in [5.74, 6) is 0.479. The fourth-order valence-electron chi connectivity index (χ4n) is 1.66. The van der Waals surface area contributed by atoms with Gasteiger partial charge in [-0.2, -0.15) is 0 Å².